The van der Waals surface area contributed by atoms with Gasteiger partial charge < -0.3 is 19.9 Å². The largest absolute Gasteiger partial charge is 0.379 e. The van der Waals surface area contributed by atoms with Gasteiger partial charge in [-0.05, 0) is 31.9 Å². The lowest BCUT2D eigenvalue weighted by Gasteiger charge is -2.36. The number of nitrogens with one attached hydrogen (secondary N) is 1. The summed E-state index contributed by atoms with van der Waals surface area (Å²) in [4.78, 5) is 32.8. The molecule has 4 rings (SSSR count). The van der Waals surface area contributed by atoms with E-state index in [0.717, 1.165) is 12.8 Å². The van der Waals surface area contributed by atoms with Crippen LogP contribution >= 0.6 is 0 Å². The monoisotopic (exact) mass is 451 g/mol. The number of piperazine rings is 1. The fourth-order valence-corrected chi connectivity index (χ4v) is 5.17. The van der Waals surface area contributed by atoms with Crippen molar-refractivity contribution in [3.63, 3.8) is 0 Å². The Morgan fingerprint density at radius 1 is 1.10 bits per heavy atom. The van der Waals surface area contributed by atoms with Crippen LogP contribution in [0.15, 0.2) is 23.2 Å². The Bertz CT molecular complexity index is 904. The fraction of sp³-hybridized carbons (Fsp3) is 0.650. The van der Waals surface area contributed by atoms with Gasteiger partial charge >= 0.3 is 0 Å². The maximum absolute atomic E-state index is 12.7. The Morgan fingerprint density at radius 2 is 1.77 bits per heavy atom. The van der Waals surface area contributed by atoms with Gasteiger partial charge in [0, 0.05) is 51.4 Å². The number of nitrogens with zero attached hydrogens (tertiary/aromatic N) is 4. The van der Waals surface area contributed by atoms with E-state index >= 15 is 0 Å². The SMILES string of the molecule is C[C@@H](NC(=O)C1CC1)C(=O)N1CCN(c2ccc(S(=O)(=O)N3CCOCC3)cn2)CC1. The highest BCUT2D eigenvalue weighted by atomic mass is 32.2. The Morgan fingerprint density at radius 3 is 2.35 bits per heavy atom. The van der Waals surface area contributed by atoms with Crippen LogP contribution in [0, 0.1) is 5.92 Å². The van der Waals surface area contributed by atoms with Gasteiger partial charge in [-0.3, -0.25) is 9.59 Å². The van der Waals surface area contributed by atoms with Crippen LogP contribution in [0.4, 0.5) is 5.82 Å². The number of carbonyl (C=O) groups excluding carboxylic acids is 2. The van der Waals surface area contributed by atoms with Crippen molar-refractivity contribution in [2.75, 3.05) is 57.4 Å². The van der Waals surface area contributed by atoms with Gasteiger partial charge in [0.1, 0.15) is 16.8 Å². The average molecular weight is 452 g/mol. The molecule has 1 N–H and O–H groups in total. The summed E-state index contributed by atoms with van der Waals surface area (Å²) < 4.78 is 32.1. The second kappa shape index (κ2) is 9.09. The smallest absolute Gasteiger partial charge is 0.244 e. The fourth-order valence-electron chi connectivity index (χ4n) is 3.82. The van der Waals surface area contributed by atoms with E-state index in [0.29, 0.717) is 58.3 Å². The molecular weight excluding hydrogens is 422 g/mol. The molecule has 2 aliphatic heterocycles. The topological polar surface area (TPSA) is 112 Å². The van der Waals surface area contributed by atoms with Crippen LogP contribution in [0.5, 0.6) is 0 Å². The van der Waals surface area contributed by atoms with Crippen LogP contribution < -0.4 is 10.2 Å². The van der Waals surface area contributed by atoms with Crippen molar-refractivity contribution in [3.8, 4) is 0 Å². The third kappa shape index (κ3) is 4.99. The summed E-state index contributed by atoms with van der Waals surface area (Å²) >= 11 is 0. The number of anilines is 1. The van der Waals surface area contributed by atoms with Crippen LogP contribution in [0.3, 0.4) is 0 Å². The summed E-state index contributed by atoms with van der Waals surface area (Å²) in [7, 11) is -3.57. The number of carbonyl (C=O) groups is 2. The van der Waals surface area contributed by atoms with Crippen molar-refractivity contribution in [1.29, 1.82) is 0 Å². The van der Waals surface area contributed by atoms with E-state index in [1.807, 2.05) is 4.90 Å². The first kappa shape index (κ1) is 22.0. The van der Waals surface area contributed by atoms with Crippen LogP contribution in [-0.2, 0) is 24.3 Å². The van der Waals surface area contributed by atoms with Gasteiger partial charge in [-0.2, -0.15) is 4.31 Å². The van der Waals surface area contributed by atoms with E-state index in [9.17, 15) is 18.0 Å². The van der Waals surface area contributed by atoms with Gasteiger partial charge in [-0.25, -0.2) is 13.4 Å². The Balaban J connectivity index is 1.31. The average Bonchev–Trinajstić information content (AvgIpc) is 3.65. The molecule has 31 heavy (non-hydrogen) atoms. The summed E-state index contributed by atoms with van der Waals surface area (Å²) in [6, 6.07) is 2.77. The highest BCUT2D eigenvalue weighted by Crippen LogP contribution is 2.29. The predicted octanol–water partition coefficient (Wildman–Crippen LogP) is -0.334. The van der Waals surface area contributed by atoms with Crippen molar-refractivity contribution in [1.82, 2.24) is 19.5 Å². The van der Waals surface area contributed by atoms with Gasteiger partial charge in [0.05, 0.1) is 13.2 Å². The first-order valence-electron chi connectivity index (χ1n) is 10.7. The number of sulfonamides is 1. The van der Waals surface area contributed by atoms with Crippen LogP contribution in [0.25, 0.3) is 0 Å². The minimum atomic E-state index is -3.57. The van der Waals surface area contributed by atoms with Crippen LogP contribution in [0.2, 0.25) is 0 Å². The molecule has 3 aliphatic rings. The van der Waals surface area contributed by atoms with E-state index in [1.165, 1.54) is 10.5 Å². The normalized spacial score (nSPS) is 21.6. The quantitative estimate of drug-likeness (QED) is 0.630. The van der Waals surface area contributed by atoms with E-state index in [1.54, 1.807) is 24.0 Å². The molecule has 0 bridgehead atoms. The van der Waals surface area contributed by atoms with Gasteiger partial charge in [0.2, 0.25) is 21.8 Å². The summed E-state index contributed by atoms with van der Waals surface area (Å²) in [6.45, 7) is 5.46. The molecule has 3 heterocycles. The Kier molecular flexibility index (Phi) is 6.44. The molecule has 2 amide bonds. The molecule has 3 fully saturated rings. The molecule has 1 aromatic heterocycles. The van der Waals surface area contributed by atoms with Crippen molar-refractivity contribution < 1.29 is 22.7 Å². The minimum absolute atomic E-state index is 0.0317. The molecule has 0 radical (unpaired) electrons. The summed E-state index contributed by atoms with van der Waals surface area (Å²) in [6.07, 6.45) is 3.21. The predicted molar refractivity (Wildman–Crippen MR) is 113 cm³/mol. The maximum Gasteiger partial charge on any atom is 0.244 e. The minimum Gasteiger partial charge on any atom is -0.379 e. The third-order valence-electron chi connectivity index (χ3n) is 5.92. The van der Waals surface area contributed by atoms with Crippen molar-refractivity contribution in [3.05, 3.63) is 18.3 Å². The number of rotatable bonds is 6. The van der Waals surface area contributed by atoms with Crippen molar-refractivity contribution >= 4 is 27.7 Å². The lowest BCUT2D eigenvalue weighted by Crippen LogP contribution is -2.54. The van der Waals surface area contributed by atoms with Gasteiger partial charge in [-0.1, -0.05) is 0 Å². The first-order chi connectivity index (χ1) is 14.9. The molecule has 1 aliphatic carbocycles. The van der Waals surface area contributed by atoms with Crippen molar-refractivity contribution in [2.45, 2.75) is 30.7 Å². The van der Waals surface area contributed by atoms with E-state index < -0.39 is 16.1 Å². The molecule has 1 aromatic rings. The highest BCUT2D eigenvalue weighted by molar-refractivity contribution is 7.89. The molecule has 2 saturated heterocycles. The zero-order valence-electron chi connectivity index (χ0n) is 17.7. The molecule has 11 heteroatoms. The molecule has 0 unspecified atom stereocenters. The number of hydrogen-bond acceptors (Lipinski definition) is 7. The molecule has 170 valence electrons. The molecule has 0 spiro atoms. The second-order valence-corrected chi connectivity index (χ2v) is 10.1. The van der Waals surface area contributed by atoms with Crippen LogP contribution in [-0.4, -0.2) is 92.9 Å². The molecule has 10 nitrogen and oxygen atoms in total. The first-order valence-corrected chi connectivity index (χ1v) is 12.2. The zero-order chi connectivity index (χ0) is 22.0. The molecular formula is C20H29N5O5S. The van der Waals surface area contributed by atoms with Gasteiger partial charge in [0.15, 0.2) is 0 Å². The molecule has 1 saturated carbocycles. The van der Waals surface area contributed by atoms with E-state index in [2.05, 4.69) is 10.3 Å². The number of hydrogen-bond donors (Lipinski definition) is 1. The zero-order valence-corrected chi connectivity index (χ0v) is 18.5. The van der Waals surface area contributed by atoms with Gasteiger partial charge in [0.25, 0.3) is 0 Å². The summed E-state index contributed by atoms with van der Waals surface area (Å²) in [5.41, 5.74) is 0. The van der Waals surface area contributed by atoms with Crippen molar-refractivity contribution in [2.24, 2.45) is 5.92 Å². The summed E-state index contributed by atoms with van der Waals surface area (Å²) in [5, 5.41) is 2.80. The number of aromatic nitrogens is 1. The maximum atomic E-state index is 12.7. The Hall–Kier alpha value is -2.24. The molecule has 0 aromatic carbocycles. The summed E-state index contributed by atoms with van der Waals surface area (Å²) in [5.74, 6) is 0.653. The highest BCUT2D eigenvalue weighted by Gasteiger charge is 2.33. The standard InChI is InChI=1S/C20H29N5O5S/c1-15(22-19(26)16-2-3-16)20(27)24-8-6-23(7-9-24)18-5-4-17(14-21-18)31(28,29)25-10-12-30-13-11-25/h4-5,14-16H,2-3,6-13H2,1H3,(H,22,26)/t15-/m1/s1. The second-order valence-electron chi connectivity index (χ2n) is 8.19. The third-order valence-corrected chi connectivity index (χ3v) is 7.80. The van der Waals surface area contributed by atoms with Gasteiger partial charge in [-0.15, -0.1) is 0 Å². The molecule has 1 atom stereocenters. The van der Waals surface area contributed by atoms with Crippen LogP contribution in [0.1, 0.15) is 19.8 Å². The lowest BCUT2D eigenvalue weighted by molar-refractivity contribution is -0.136. The Labute approximate surface area is 182 Å². The van der Waals surface area contributed by atoms with E-state index in [-0.39, 0.29) is 22.6 Å². The number of ether oxygens (including phenoxy) is 1. The lowest BCUT2D eigenvalue weighted by atomic mass is 10.2. The number of amides is 2. The number of pyridine rings is 1. The van der Waals surface area contributed by atoms with E-state index in [4.69, 9.17) is 4.74 Å². The number of morpholine rings is 1.